The SMILES string of the molecule is CN(C)CCC[C@@H](N)C(=O)O.Cl.Cl. The lowest BCUT2D eigenvalue weighted by Gasteiger charge is -2.10. The van der Waals surface area contributed by atoms with Gasteiger partial charge in [-0.2, -0.15) is 0 Å². The van der Waals surface area contributed by atoms with Crippen molar-refractivity contribution in [3.8, 4) is 0 Å². The molecule has 4 nitrogen and oxygen atoms in total. The van der Waals surface area contributed by atoms with Gasteiger partial charge in [-0.15, -0.1) is 24.8 Å². The molecule has 0 amide bonds. The number of carboxylic acids is 1. The van der Waals surface area contributed by atoms with Crippen LogP contribution in [0.15, 0.2) is 0 Å². The van der Waals surface area contributed by atoms with Crippen LogP contribution in [0.25, 0.3) is 0 Å². The number of aliphatic carboxylic acids is 1. The highest BCUT2D eigenvalue weighted by Gasteiger charge is 2.09. The second kappa shape index (κ2) is 10.1. The van der Waals surface area contributed by atoms with Gasteiger partial charge in [-0.1, -0.05) is 0 Å². The summed E-state index contributed by atoms with van der Waals surface area (Å²) in [6.07, 6.45) is 1.38. The van der Waals surface area contributed by atoms with Crippen LogP contribution in [-0.4, -0.2) is 42.7 Å². The van der Waals surface area contributed by atoms with Crippen LogP contribution in [0.5, 0.6) is 0 Å². The third-order valence-corrected chi connectivity index (χ3v) is 1.44. The molecule has 13 heavy (non-hydrogen) atoms. The van der Waals surface area contributed by atoms with Crippen LogP contribution in [-0.2, 0) is 4.79 Å². The summed E-state index contributed by atoms with van der Waals surface area (Å²) in [5.41, 5.74) is 5.28. The average molecular weight is 233 g/mol. The fraction of sp³-hybridized carbons (Fsp3) is 0.857. The summed E-state index contributed by atoms with van der Waals surface area (Å²) < 4.78 is 0. The van der Waals surface area contributed by atoms with Crippen molar-refractivity contribution in [1.82, 2.24) is 4.90 Å². The summed E-state index contributed by atoms with van der Waals surface area (Å²) in [5, 5.41) is 8.41. The van der Waals surface area contributed by atoms with Crippen molar-refractivity contribution in [1.29, 1.82) is 0 Å². The van der Waals surface area contributed by atoms with Gasteiger partial charge in [0.1, 0.15) is 6.04 Å². The summed E-state index contributed by atoms with van der Waals surface area (Å²) in [6.45, 7) is 0.890. The van der Waals surface area contributed by atoms with E-state index in [9.17, 15) is 4.79 Å². The molecule has 3 N–H and O–H groups in total. The molecule has 0 aliphatic carbocycles. The topological polar surface area (TPSA) is 66.6 Å². The molecule has 0 spiro atoms. The number of rotatable bonds is 5. The number of carboxylic acid groups (broad SMARTS) is 1. The van der Waals surface area contributed by atoms with Crippen molar-refractivity contribution < 1.29 is 9.90 Å². The molecule has 0 aliphatic heterocycles. The lowest BCUT2D eigenvalue weighted by Crippen LogP contribution is -2.30. The molecule has 1 atom stereocenters. The van der Waals surface area contributed by atoms with Crippen LogP contribution in [0.2, 0.25) is 0 Å². The molecule has 82 valence electrons. The molecule has 0 saturated carbocycles. The smallest absolute Gasteiger partial charge is 0.320 e. The van der Waals surface area contributed by atoms with E-state index in [-0.39, 0.29) is 24.8 Å². The monoisotopic (exact) mass is 232 g/mol. The second-order valence-corrected chi connectivity index (χ2v) is 2.89. The summed E-state index contributed by atoms with van der Waals surface area (Å²) in [5.74, 6) is -0.913. The highest BCUT2D eigenvalue weighted by molar-refractivity contribution is 5.85. The van der Waals surface area contributed by atoms with E-state index in [4.69, 9.17) is 10.8 Å². The van der Waals surface area contributed by atoms with Gasteiger partial charge >= 0.3 is 5.97 Å². The number of hydrogen-bond donors (Lipinski definition) is 2. The van der Waals surface area contributed by atoms with Crippen LogP contribution < -0.4 is 5.73 Å². The lowest BCUT2D eigenvalue weighted by atomic mass is 10.2. The Kier molecular flexibility index (Phi) is 14.5. The first-order valence-electron chi connectivity index (χ1n) is 3.67. The Morgan fingerprint density at radius 2 is 1.92 bits per heavy atom. The third kappa shape index (κ3) is 12.0. The van der Waals surface area contributed by atoms with Gasteiger partial charge < -0.3 is 15.7 Å². The van der Waals surface area contributed by atoms with Gasteiger partial charge in [-0.25, -0.2) is 0 Å². The van der Waals surface area contributed by atoms with Crippen molar-refractivity contribution >= 4 is 30.8 Å². The number of carbonyl (C=O) groups is 1. The molecule has 6 heteroatoms. The molecule has 0 fully saturated rings. The van der Waals surface area contributed by atoms with Gasteiger partial charge in [0, 0.05) is 0 Å². The maximum atomic E-state index is 10.2. The van der Waals surface area contributed by atoms with Crippen LogP contribution in [0.1, 0.15) is 12.8 Å². The van der Waals surface area contributed by atoms with E-state index in [2.05, 4.69) is 0 Å². The van der Waals surface area contributed by atoms with E-state index in [1.165, 1.54) is 0 Å². The first kappa shape index (κ1) is 18.7. The van der Waals surface area contributed by atoms with Crippen LogP contribution in [0.3, 0.4) is 0 Å². The Hall–Kier alpha value is -0.0300. The zero-order valence-electron chi connectivity index (χ0n) is 7.90. The Morgan fingerprint density at radius 1 is 1.46 bits per heavy atom. The predicted molar refractivity (Wildman–Crippen MR) is 57.9 cm³/mol. The Labute approximate surface area is 91.3 Å². The maximum absolute atomic E-state index is 10.2. The normalized spacial score (nSPS) is 11.4. The van der Waals surface area contributed by atoms with Gasteiger partial charge in [0.25, 0.3) is 0 Å². The number of hydrogen-bond acceptors (Lipinski definition) is 3. The van der Waals surface area contributed by atoms with Gasteiger partial charge in [0.2, 0.25) is 0 Å². The molecule has 0 saturated heterocycles. The highest BCUT2D eigenvalue weighted by atomic mass is 35.5. The minimum Gasteiger partial charge on any atom is -0.480 e. The molecule has 0 unspecified atom stereocenters. The molecule has 0 aliphatic rings. The number of halogens is 2. The fourth-order valence-corrected chi connectivity index (χ4v) is 0.751. The molecule has 0 radical (unpaired) electrons. The van der Waals surface area contributed by atoms with Gasteiger partial charge in [0.15, 0.2) is 0 Å². The number of nitrogens with two attached hydrogens (primary N) is 1. The van der Waals surface area contributed by atoms with E-state index in [0.29, 0.717) is 6.42 Å². The maximum Gasteiger partial charge on any atom is 0.320 e. The van der Waals surface area contributed by atoms with Crippen molar-refractivity contribution in [2.75, 3.05) is 20.6 Å². The molecule has 0 aromatic rings. The summed E-state index contributed by atoms with van der Waals surface area (Å²) in [6, 6.07) is -0.699. The average Bonchev–Trinajstić information content (AvgIpc) is 1.86. The van der Waals surface area contributed by atoms with Crippen LogP contribution in [0.4, 0.5) is 0 Å². The first-order chi connectivity index (χ1) is 5.04. The Morgan fingerprint density at radius 3 is 2.23 bits per heavy atom. The largest absolute Gasteiger partial charge is 0.480 e. The predicted octanol–water partition coefficient (Wildman–Crippen LogP) is 0.584. The Balaban J connectivity index is -0.000000500. The van der Waals surface area contributed by atoms with E-state index < -0.39 is 12.0 Å². The third-order valence-electron chi connectivity index (χ3n) is 1.44. The molecule has 0 bridgehead atoms. The molecular formula is C7H18Cl2N2O2. The first-order valence-corrected chi connectivity index (χ1v) is 3.67. The van der Waals surface area contributed by atoms with E-state index >= 15 is 0 Å². The summed E-state index contributed by atoms with van der Waals surface area (Å²) in [7, 11) is 3.90. The molecule has 0 heterocycles. The van der Waals surface area contributed by atoms with Gasteiger partial charge in [0.05, 0.1) is 0 Å². The van der Waals surface area contributed by atoms with E-state index in [0.717, 1.165) is 13.0 Å². The van der Waals surface area contributed by atoms with Crippen molar-refractivity contribution in [2.45, 2.75) is 18.9 Å². The van der Waals surface area contributed by atoms with Gasteiger partial charge in [-0.3, -0.25) is 4.79 Å². The zero-order chi connectivity index (χ0) is 8.85. The van der Waals surface area contributed by atoms with Crippen molar-refractivity contribution in [2.24, 2.45) is 5.73 Å². The van der Waals surface area contributed by atoms with Crippen molar-refractivity contribution in [3.63, 3.8) is 0 Å². The van der Waals surface area contributed by atoms with E-state index in [1.54, 1.807) is 0 Å². The summed E-state index contributed by atoms with van der Waals surface area (Å²) >= 11 is 0. The molecular weight excluding hydrogens is 215 g/mol. The molecule has 0 aromatic heterocycles. The van der Waals surface area contributed by atoms with Gasteiger partial charge in [-0.05, 0) is 33.5 Å². The van der Waals surface area contributed by atoms with Crippen molar-refractivity contribution in [3.05, 3.63) is 0 Å². The molecule has 0 rings (SSSR count). The van der Waals surface area contributed by atoms with Crippen LogP contribution >= 0.6 is 24.8 Å². The number of nitrogens with zero attached hydrogens (tertiary/aromatic N) is 1. The van der Waals surface area contributed by atoms with E-state index in [1.807, 2.05) is 19.0 Å². The minimum atomic E-state index is -0.913. The fourth-order valence-electron chi connectivity index (χ4n) is 0.751. The molecule has 0 aromatic carbocycles. The highest BCUT2D eigenvalue weighted by Crippen LogP contribution is 1.95. The summed E-state index contributed by atoms with van der Waals surface area (Å²) in [4.78, 5) is 12.2. The zero-order valence-corrected chi connectivity index (χ0v) is 9.53. The Bertz CT molecular complexity index is 134. The quantitative estimate of drug-likeness (QED) is 0.729. The second-order valence-electron chi connectivity index (χ2n) is 2.89. The minimum absolute atomic E-state index is 0. The lowest BCUT2D eigenvalue weighted by molar-refractivity contribution is -0.138. The van der Waals surface area contributed by atoms with Crippen LogP contribution in [0, 0.1) is 0 Å². The standard InChI is InChI=1S/C7H16N2O2.2ClH/c1-9(2)5-3-4-6(8)7(10)11;;/h6H,3-5,8H2,1-2H3,(H,10,11);2*1H/t6-;;/m1../s1.